The second-order valence-corrected chi connectivity index (χ2v) is 10.7. The normalized spacial score (nSPS) is 19.8. The van der Waals surface area contributed by atoms with Gasteiger partial charge in [-0.05, 0) is 73.4 Å². The maximum Gasteiger partial charge on any atom is 0.306 e. The summed E-state index contributed by atoms with van der Waals surface area (Å²) in [5.74, 6) is -2.04. The van der Waals surface area contributed by atoms with Gasteiger partial charge in [-0.25, -0.2) is 13.8 Å². The second-order valence-electron chi connectivity index (χ2n) is 10.7. The highest BCUT2D eigenvalue weighted by Crippen LogP contribution is 2.40. The molecule has 6 nitrogen and oxygen atoms in total. The van der Waals surface area contributed by atoms with Crippen LogP contribution in [-0.4, -0.2) is 40.7 Å². The number of nitrogens with zero attached hydrogens (tertiary/aromatic N) is 2. The zero-order valence-electron chi connectivity index (χ0n) is 22.5. The average Bonchev–Trinajstić information content (AvgIpc) is 3.34. The number of halogens is 2. The predicted octanol–water partition coefficient (Wildman–Crippen LogP) is 6.35. The first-order valence-electron chi connectivity index (χ1n) is 13.5. The molecule has 2 aliphatic heterocycles. The van der Waals surface area contributed by atoms with Crippen LogP contribution >= 0.6 is 0 Å². The fourth-order valence-corrected chi connectivity index (χ4v) is 5.65. The van der Waals surface area contributed by atoms with E-state index in [1.807, 2.05) is 18.2 Å². The van der Waals surface area contributed by atoms with Crippen LogP contribution in [0.5, 0.6) is 11.6 Å². The third-order valence-electron chi connectivity index (χ3n) is 8.04. The van der Waals surface area contributed by atoms with Gasteiger partial charge in [-0.15, -0.1) is 0 Å². The van der Waals surface area contributed by atoms with E-state index in [2.05, 4.69) is 22.9 Å². The number of methoxy groups -OCH3 is 1. The van der Waals surface area contributed by atoms with E-state index < -0.39 is 23.5 Å². The largest absolute Gasteiger partial charge is 0.482 e. The first-order chi connectivity index (χ1) is 18.7. The van der Waals surface area contributed by atoms with Crippen LogP contribution in [-0.2, 0) is 24.2 Å². The SMILES string of the molecule is COc1cc(-c2ccc(C3CCc4ccc(C[C@H](C)C(=O)O)c(F)c4O3)cc2CN2CCC[C@@H]2C)c(F)cn1. The van der Waals surface area contributed by atoms with Gasteiger partial charge in [0.15, 0.2) is 11.6 Å². The van der Waals surface area contributed by atoms with Gasteiger partial charge in [0.2, 0.25) is 5.88 Å². The van der Waals surface area contributed by atoms with E-state index in [-0.39, 0.29) is 18.3 Å². The zero-order valence-corrected chi connectivity index (χ0v) is 22.5. The minimum atomic E-state index is -0.964. The molecule has 1 saturated heterocycles. The molecule has 0 aliphatic carbocycles. The number of aliphatic carboxylic acids is 1. The van der Waals surface area contributed by atoms with Gasteiger partial charge in [0.1, 0.15) is 11.9 Å². The van der Waals surface area contributed by atoms with Crippen molar-refractivity contribution in [2.45, 2.75) is 64.6 Å². The molecule has 5 rings (SSSR count). The van der Waals surface area contributed by atoms with Gasteiger partial charge in [0, 0.05) is 24.2 Å². The minimum absolute atomic E-state index is 0.0935. The van der Waals surface area contributed by atoms with Crippen LogP contribution < -0.4 is 9.47 Å². The number of aryl methyl sites for hydroxylation is 1. The van der Waals surface area contributed by atoms with Gasteiger partial charge in [-0.3, -0.25) is 9.69 Å². The molecule has 0 radical (unpaired) electrons. The molecule has 0 bridgehead atoms. The summed E-state index contributed by atoms with van der Waals surface area (Å²) in [6.45, 7) is 5.40. The minimum Gasteiger partial charge on any atom is -0.482 e. The molecule has 0 spiro atoms. The molecule has 39 heavy (non-hydrogen) atoms. The Hall–Kier alpha value is -3.52. The van der Waals surface area contributed by atoms with Crippen LogP contribution in [0.25, 0.3) is 11.1 Å². The van der Waals surface area contributed by atoms with Crippen LogP contribution in [0.15, 0.2) is 42.6 Å². The molecule has 1 aromatic heterocycles. The molecule has 3 heterocycles. The Kier molecular flexibility index (Phi) is 7.84. The van der Waals surface area contributed by atoms with E-state index in [1.54, 1.807) is 19.1 Å². The van der Waals surface area contributed by atoms with E-state index >= 15 is 4.39 Å². The number of carbonyl (C=O) groups is 1. The first kappa shape index (κ1) is 27.1. The highest BCUT2D eigenvalue weighted by Gasteiger charge is 2.28. The molecule has 1 fully saturated rings. The summed E-state index contributed by atoms with van der Waals surface area (Å²) in [4.78, 5) is 17.7. The highest BCUT2D eigenvalue weighted by atomic mass is 19.1. The molecular weight excluding hydrogens is 502 g/mol. The van der Waals surface area contributed by atoms with Crippen molar-refractivity contribution >= 4 is 5.97 Å². The monoisotopic (exact) mass is 536 g/mol. The molecule has 8 heteroatoms. The lowest BCUT2D eigenvalue weighted by molar-refractivity contribution is -0.141. The summed E-state index contributed by atoms with van der Waals surface area (Å²) in [7, 11) is 1.51. The summed E-state index contributed by atoms with van der Waals surface area (Å²) in [5, 5.41) is 9.27. The lowest BCUT2D eigenvalue weighted by Gasteiger charge is -2.29. The number of pyridine rings is 1. The third-order valence-corrected chi connectivity index (χ3v) is 8.04. The summed E-state index contributed by atoms with van der Waals surface area (Å²) >= 11 is 0. The topological polar surface area (TPSA) is 71.9 Å². The Morgan fingerprint density at radius 2 is 2.00 bits per heavy atom. The molecule has 206 valence electrons. The van der Waals surface area contributed by atoms with Crippen LogP contribution in [0, 0.1) is 17.6 Å². The van der Waals surface area contributed by atoms with Crippen molar-refractivity contribution in [1.82, 2.24) is 9.88 Å². The van der Waals surface area contributed by atoms with Gasteiger partial charge in [-0.1, -0.05) is 37.3 Å². The van der Waals surface area contributed by atoms with Crippen LogP contribution in [0.3, 0.4) is 0 Å². The zero-order chi connectivity index (χ0) is 27.7. The summed E-state index contributed by atoms with van der Waals surface area (Å²) < 4.78 is 41.9. The Balaban J connectivity index is 1.49. The molecular formula is C31H34F2N2O4. The number of fused-ring (bicyclic) bond motifs is 1. The van der Waals surface area contributed by atoms with E-state index in [4.69, 9.17) is 9.47 Å². The quantitative estimate of drug-likeness (QED) is 0.362. The van der Waals surface area contributed by atoms with Crippen molar-refractivity contribution in [3.63, 3.8) is 0 Å². The average molecular weight is 537 g/mol. The second kappa shape index (κ2) is 11.3. The number of hydrogen-bond donors (Lipinski definition) is 1. The van der Waals surface area contributed by atoms with Gasteiger partial charge in [0.05, 0.1) is 19.2 Å². The number of rotatable bonds is 8. The molecule has 0 amide bonds. The molecule has 0 saturated carbocycles. The van der Waals surface area contributed by atoms with Crippen molar-refractivity contribution in [3.8, 4) is 22.8 Å². The van der Waals surface area contributed by atoms with E-state index in [1.165, 1.54) is 13.3 Å². The van der Waals surface area contributed by atoms with Gasteiger partial charge < -0.3 is 14.6 Å². The lowest BCUT2D eigenvalue weighted by Crippen LogP contribution is -2.26. The number of hydrogen-bond acceptors (Lipinski definition) is 5. The predicted molar refractivity (Wildman–Crippen MR) is 144 cm³/mol. The molecule has 2 aromatic carbocycles. The Morgan fingerprint density at radius 3 is 2.72 bits per heavy atom. The molecule has 3 aromatic rings. The maximum absolute atomic E-state index is 15.5. The van der Waals surface area contributed by atoms with Gasteiger partial charge in [-0.2, -0.15) is 0 Å². The van der Waals surface area contributed by atoms with Crippen molar-refractivity contribution in [1.29, 1.82) is 0 Å². The fourth-order valence-electron chi connectivity index (χ4n) is 5.65. The van der Waals surface area contributed by atoms with Crippen molar-refractivity contribution in [3.05, 3.63) is 76.5 Å². The van der Waals surface area contributed by atoms with E-state index in [0.29, 0.717) is 42.4 Å². The third kappa shape index (κ3) is 5.62. The van der Waals surface area contributed by atoms with Crippen LogP contribution in [0.4, 0.5) is 8.78 Å². The number of benzene rings is 2. The maximum atomic E-state index is 15.5. The van der Waals surface area contributed by atoms with E-state index in [9.17, 15) is 14.3 Å². The number of carboxylic acid groups (broad SMARTS) is 1. The number of likely N-dealkylation sites (tertiary alicyclic amines) is 1. The van der Waals surface area contributed by atoms with Crippen molar-refractivity contribution < 1.29 is 28.2 Å². The summed E-state index contributed by atoms with van der Waals surface area (Å²) in [6, 6.07) is 11.4. The Morgan fingerprint density at radius 1 is 1.18 bits per heavy atom. The van der Waals surface area contributed by atoms with E-state index in [0.717, 1.165) is 41.6 Å². The molecule has 3 atom stereocenters. The first-order valence-corrected chi connectivity index (χ1v) is 13.5. The van der Waals surface area contributed by atoms with Gasteiger partial charge >= 0.3 is 5.97 Å². The number of ether oxygens (including phenoxy) is 2. The molecule has 2 aliphatic rings. The highest BCUT2D eigenvalue weighted by molar-refractivity contribution is 5.70. The molecule has 1 unspecified atom stereocenters. The lowest BCUT2D eigenvalue weighted by atomic mass is 9.91. The summed E-state index contributed by atoms with van der Waals surface area (Å²) in [6.07, 6.45) is 4.46. The van der Waals surface area contributed by atoms with Gasteiger partial charge in [0.25, 0.3) is 0 Å². The number of aromatic nitrogens is 1. The Labute approximate surface area is 227 Å². The van der Waals surface area contributed by atoms with Crippen molar-refractivity contribution in [2.75, 3.05) is 13.7 Å². The smallest absolute Gasteiger partial charge is 0.306 e. The van der Waals surface area contributed by atoms with Crippen LogP contribution in [0.2, 0.25) is 0 Å². The summed E-state index contributed by atoms with van der Waals surface area (Å²) in [5.41, 5.74) is 4.18. The van der Waals surface area contributed by atoms with Crippen molar-refractivity contribution in [2.24, 2.45) is 5.92 Å². The fraction of sp³-hybridized carbons (Fsp3) is 0.419. The molecule has 1 N–H and O–H groups in total. The number of carboxylic acids is 1. The van der Waals surface area contributed by atoms with Crippen LogP contribution in [0.1, 0.15) is 61.5 Å². The Bertz CT molecular complexity index is 1380. The standard InChI is InChI=1S/C31H34F2N2O4/c1-18(31(36)37)13-22-7-6-20-9-11-27(39-30(20)29(22)33)21-8-10-24(25-15-28(38-3)34-16-26(25)32)23(14-21)17-35-12-4-5-19(35)2/h6-8,10,14-16,18-19,27H,4-5,9,11-13,17H2,1-3H3,(H,36,37)/t18-,19-,27?/m0/s1.